The van der Waals surface area contributed by atoms with E-state index < -0.39 is 0 Å². The molecule has 0 aromatic rings. The molecule has 1 aliphatic rings. The SMILES string of the molecule is CSCC1CNCC1SC. The van der Waals surface area contributed by atoms with Gasteiger partial charge in [0.25, 0.3) is 0 Å². The summed E-state index contributed by atoms with van der Waals surface area (Å²) in [6.07, 6.45) is 4.40. The second-order valence-corrected chi connectivity index (χ2v) is 4.64. The highest BCUT2D eigenvalue weighted by Crippen LogP contribution is 2.23. The summed E-state index contributed by atoms with van der Waals surface area (Å²) in [5.41, 5.74) is 0. The van der Waals surface area contributed by atoms with Crippen LogP contribution in [0.2, 0.25) is 0 Å². The molecule has 2 unspecified atom stereocenters. The first kappa shape index (κ1) is 8.75. The lowest BCUT2D eigenvalue weighted by Gasteiger charge is -2.13. The molecular weight excluding hydrogens is 162 g/mol. The molecule has 0 bridgehead atoms. The molecule has 2 atom stereocenters. The summed E-state index contributed by atoms with van der Waals surface area (Å²) >= 11 is 3.97. The van der Waals surface area contributed by atoms with Gasteiger partial charge in [0, 0.05) is 11.8 Å². The van der Waals surface area contributed by atoms with Gasteiger partial charge in [0.2, 0.25) is 0 Å². The van der Waals surface area contributed by atoms with Crippen molar-refractivity contribution >= 4 is 23.5 Å². The molecule has 1 nitrogen and oxygen atoms in total. The highest BCUT2D eigenvalue weighted by molar-refractivity contribution is 7.99. The van der Waals surface area contributed by atoms with Crippen LogP contribution in [-0.2, 0) is 0 Å². The molecule has 1 heterocycles. The first-order valence-electron chi connectivity index (χ1n) is 3.61. The highest BCUT2D eigenvalue weighted by atomic mass is 32.2. The Labute approximate surface area is 71.7 Å². The highest BCUT2D eigenvalue weighted by Gasteiger charge is 2.24. The van der Waals surface area contributed by atoms with E-state index in [1.54, 1.807) is 0 Å². The van der Waals surface area contributed by atoms with E-state index in [4.69, 9.17) is 0 Å². The van der Waals surface area contributed by atoms with Gasteiger partial charge in [-0.15, -0.1) is 0 Å². The maximum Gasteiger partial charge on any atom is 0.0217 e. The second-order valence-electron chi connectivity index (χ2n) is 2.65. The van der Waals surface area contributed by atoms with E-state index in [1.807, 2.05) is 23.5 Å². The van der Waals surface area contributed by atoms with Gasteiger partial charge in [0.1, 0.15) is 0 Å². The molecule has 1 rings (SSSR count). The topological polar surface area (TPSA) is 12.0 Å². The number of hydrogen-bond acceptors (Lipinski definition) is 3. The Bertz CT molecular complexity index is 97.6. The van der Waals surface area contributed by atoms with Crippen molar-refractivity contribution in [2.75, 3.05) is 31.4 Å². The Balaban J connectivity index is 2.27. The first-order valence-corrected chi connectivity index (χ1v) is 6.29. The normalized spacial score (nSPS) is 33.0. The van der Waals surface area contributed by atoms with Gasteiger partial charge >= 0.3 is 0 Å². The fourth-order valence-corrected chi connectivity index (χ4v) is 3.13. The number of nitrogens with one attached hydrogen (secondary N) is 1. The van der Waals surface area contributed by atoms with Gasteiger partial charge in [0.05, 0.1) is 0 Å². The third kappa shape index (κ3) is 2.07. The fraction of sp³-hybridized carbons (Fsp3) is 1.00. The lowest BCUT2D eigenvalue weighted by molar-refractivity contribution is 0.675. The van der Waals surface area contributed by atoms with Crippen LogP contribution < -0.4 is 5.32 Å². The smallest absolute Gasteiger partial charge is 0.0217 e. The van der Waals surface area contributed by atoms with Crippen LogP contribution >= 0.6 is 23.5 Å². The van der Waals surface area contributed by atoms with Gasteiger partial charge in [-0.05, 0) is 30.7 Å². The molecule has 1 fully saturated rings. The third-order valence-corrected chi connectivity index (χ3v) is 3.88. The maximum absolute atomic E-state index is 3.42. The Morgan fingerprint density at radius 2 is 2.20 bits per heavy atom. The van der Waals surface area contributed by atoms with Gasteiger partial charge in [-0.2, -0.15) is 23.5 Å². The summed E-state index contributed by atoms with van der Waals surface area (Å²) in [5.74, 6) is 2.23. The minimum atomic E-state index is 0.868. The van der Waals surface area contributed by atoms with Crippen LogP contribution in [0.25, 0.3) is 0 Å². The lowest BCUT2D eigenvalue weighted by Crippen LogP contribution is -2.16. The summed E-state index contributed by atoms with van der Waals surface area (Å²) in [6, 6.07) is 0. The van der Waals surface area contributed by atoms with E-state index in [0.29, 0.717) is 0 Å². The van der Waals surface area contributed by atoms with Crippen LogP contribution in [0.5, 0.6) is 0 Å². The van der Waals surface area contributed by atoms with Gasteiger partial charge in [0.15, 0.2) is 0 Å². The van der Waals surface area contributed by atoms with Crippen molar-refractivity contribution in [3.63, 3.8) is 0 Å². The molecule has 0 saturated carbocycles. The fourth-order valence-electron chi connectivity index (χ4n) is 1.37. The van der Waals surface area contributed by atoms with E-state index in [0.717, 1.165) is 11.2 Å². The average Bonchev–Trinajstić information content (AvgIpc) is 2.36. The van der Waals surface area contributed by atoms with Gasteiger partial charge in [-0.3, -0.25) is 0 Å². The summed E-state index contributed by atoms with van der Waals surface area (Å²) in [4.78, 5) is 0. The Hall–Kier alpha value is 0.660. The number of thioether (sulfide) groups is 2. The van der Waals surface area contributed by atoms with Crippen LogP contribution in [0.1, 0.15) is 0 Å². The molecule has 0 amide bonds. The monoisotopic (exact) mass is 177 g/mol. The third-order valence-electron chi connectivity index (χ3n) is 1.96. The van der Waals surface area contributed by atoms with E-state index in [-0.39, 0.29) is 0 Å². The molecule has 0 aromatic heterocycles. The quantitative estimate of drug-likeness (QED) is 0.698. The molecule has 1 saturated heterocycles. The van der Waals surface area contributed by atoms with Gasteiger partial charge in [-0.25, -0.2) is 0 Å². The van der Waals surface area contributed by atoms with Crippen LogP contribution in [0, 0.1) is 5.92 Å². The minimum absolute atomic E-state index is 0.868. The summed E-state index contributed by atoms with van der Waals surface area (Å²) in [6.45, 7) is 2.44. The zero-order valence-electron chi connectivity index (χ0n) is 6.59. The maximum atomic E-state index is 3.42. The largest absolute Gasteiger partial charge is 0.315 e. The standard InChI is InChI=1S/C7H15NS2/c1-9-5-6-3-8-4-7(6)10-2/h6-8H,3-5H2,1-2H3. The molecule has 0 spiro atoms. The second kappa shape index (κ2) is 4.52. The van der Waals surface area contributed by atoms with Crippen LogP contribution in [0.15, 0.2) is 0 Å². The molecule has 60 valence electrons. The van der Waals surface area contributed by atoms with Gasteiger partial charge in [-0.1, -0.05) is 0 Å². The number of hydrogen-bond donors (Lipinski definition) is 1. The molecule has 10 heavy (non-hydrogen) atoms. The van der Waals surface area contributed by atoms with Crippen LogP contribution in [0.3, 0.4) is 0 Å². The van der Waals surface area contributed by atoms with Crippen molar-refractivity contribution in [3.8, 4) is 0 Å². The Morgan fingerprint density at radius 3 is 2.80 bits per heavy atom. The Kier molecular flexibility index (Phi) is 3.96. The van der Waals surface area contributed by atoms with E-state index in [1.165, 1.54) is 18.8 Å². The van der Waals surface area contributed by atoms with E-state index >= 15 is 0 Å². The van der Waals surface area contributed by atoms with Crippen molar-refractivity contribution in [2.24, 2.45) is 5.92 Å². The number of rotatable bonds is 3. The zero-order valence-corrected chi connectivity index (χ0v) is 8.23. The predicted octanol–water partition coefficient (Wildman–Crippen LogP) is 1.30. The average molecular weight is 177 g/mol. The van der Waals surface area contributed by atoms with Crippen LogP contribution in [0.4, 0.5) is 0 Å². The molecular formula is C7H15NS2. The van der Waals surface area contributed by atoms with Crippen LogP contribution in [-0.4, -0.2) is 36.6 Å². The van der Waals surface area contributed by atoms with Crippen molar-refractivity contribution in [1.29, 1.82) is 0 Å². The summed E-state index contributed by atoms with van der Waals surface area (Å²) in [7, 11) is 0. The zero-order chi connectivity index (χ0) is 7.40. The molecule has 1 aliphatic heterocycles. The molecule has 3 heteroatoms. The van der Waals surface area contributed by atoms with E-state index in [2.05, 4.69) is 17.8 Å². The first-order chi connectivity index (χ1) is 4.88. The molecule has 1 N–H and O–H groups in total. The molecule has 0 radical (unpaired) electrons. The summed E-state index contributed by atoms with van der Waals surface area (Å²) < 4.78 is 0. The Morgan fingerprint density at radius 1 is 1.40 bits per heavy atom. The van der Waals surface area contributed by atoms with Crippen molar-refractivity contribution < 1.29 is 0 Å². The van der Waals surface area contributed by atoms with Crippen molar-refractivity contribution in [1.82, 2.24) is 5.32 Å². The summed E-state index contributed by atoms with van der Waals surface area (Å²) in [5, 5.41) is 4.29. The predicted molar refractivity (Wildman–Crippen MR) is 52.0 cm³/mol. The van der Waals surface area contributed by atoms with Crippen molar-refractivity contribution in [2.45, 2.75) is 5.25 Å². The van der Waals surface area contributed by atoms with Crippen molar-refractivity contribution in [3.05, 3.63) is 0 Å². The minimum Gasteiger partial charge on any atom is -0.315 e. The molecule has 0 aromatic carbocycles. The molecule has 0 aliphatic carbocycles. The van der Waals surface area contributed by atoms with E-state index in [9.17, 15) is 0 Å². The lowest BCUT2D eigenvalue weighted by atomic mass is 10.1. The van der Waals surface area contributed by atoms with Gasteiger partial charge < -0.3 is 5.32 Å².